The van der Waals surface area contributed by atoms with Gasteiger partial charge in [-0.3, -0.25) is 0 Å². The van der Waals surface area contributed by atoms with Gasteiger partial charge in [-0.25, -0.2) is 9.78 Å². The first kappa shape index (κ1) is 8.99. The smallest absolute Gasteiger partial charge is 0.337 e. The first-order valence-corrected chi connectivity index (χ1v) is 4.48. The molecule has 0 fully saturated rings. The highest BCUT2D eigenvalue weighted by Gasteiger charge is 2.28. The van der Waals surface area contributed by atoms with Gasteiger partial charge in [-0.1, -0.05) is 0 Å². The zero-order chi connectivity index (χ0) is 10.3. The third-order valence-electron chi connectivity index (χ3n) is 2.30. The molecule has 1 aromatic heterocycles. The van der Waals surface area contributed by atoms with Gasteiger partial charge < -0.3 is 10.4 Å². The van der Waals surface area contributed by atoms with E-state index in [-0.39, 0.29) is 11.1 Å². The van der Waals surface area contributed by atoms with Crippen LogP contribution in [-0.4, -0.2) is 21.6 Å². The van der Waals surface area contributed by atoms with E-state index in [1.54, 1.807) is 6.07 Å². The molecule has 0 atom stereocenters. The van der Waals surface area contributed by atoms with Crippen molar-refractivity contribution in [2.75, 3.05) is 5.32 Å². The summed E-state index contributed by atoms with van der Waals surface area (Å²) in [4.78, 5) is 14.8. The Morgan fingerprint density at radius 3 is 3.00 bits per heavy atom. The Morgan fingerprint density at radius 1 is 1.64 bits per heavy atom. The number of rotatable bonds is 1. The van der Waals surface area contributed by atoms with E-state index >= 15 is 0 Å². The summed E-state index contributed by atoms with van der Waals surface area (Å²) in [6, 6.07) is 1.69. The topological polar surface area (TPSA) is 62.2 Å². The molecule has 14 heavy (non-hydrogen) atoms. The summed E-state index contributed by atoms with van der Waals surface area (Å²) in [6.45, 7) is 4.13. The van der Waals surface area contributed by atoms with E-state index in [0.717, 1.165) is 17.8 Å². The number of nitrogens with one attached hydrogen (secondary N) is 1. The fourth-order valence-electron chi connectivity index (χ4n) is 1.72. The van der Waals surface area contributed by atoms with Crippen LogP contribution in [0.4, 0.5) is 5.82 Å². The van der Waals surface area contributed by atoms with Crippen molar-refractivity contribution < 1.29 is 9.90 Å². The Labute approximate surface area is 82.0 Å². The minimum Gasteiger partial charge on any atom is -0.478 e. The molecule has 0 bridgehead atoms. The van der Waals surface area contributed by atoms with Crippen molar-refractivity contribution >= 4 is 11.8 Å². The predicted octanol–water partition coefficient (Wildman–Crippen LogP) is 1.53. The highest BCUT2D eigenvalue weighted by Crippen LogP contribution is 2.30. The lowest BCUT2D eigenvalue weighted by molar-refractivity contribution is 0.0696. The number of hydrogen-bond acceptors (Lipinski definition) is 3. The molecule has 0 amide bonds. The molecule has 1 aliphatic heterocycles. The third kappa shape index (κ3) is 1.43. The lowest BCUT2D eigenvalue weighted by Crippen LogP contribution is -2.27. The molecule has 0 spiro atoms. The van der Waals surface area contributed by atoms with Gasteiger partial charge >= 0.3 is 5.97 Å². The minimum atomic E-state index is -0.926. The maximum Gasteiger partial charge on any atom is 0.337 e. The van der Waals surface area contributed by atoms with Gasteiger partial charge in [0.1, 0.15) is 5.82 Å². The monoisotopic (exact) mass is 192 g/mol. The maximum absolute atomic E-state index is 10.7. The van der Waals surface area contributed by atoms with E-state index in [1.165, 1.54) is 6.20 Å². The average molecular weight is 192 g/mol. The standard InChI is InChI=1S/C10H12N2O2/c1-10(2)4-6-3-7(9(13)14)5-11-8(6)12-10/h3,5H,4H2,1-2H3,(H,11,12)(H,13,14). The molecule has 2 N–H and O–H groups in total. The molecule has 1 aromatic rings. The first-order valence-electron chi connectivity index (χ1n) is 4.48. The van der Waals surface area contributed by atoms with Crippen LogP contribution < -0.4 is 5.32 Å². The fourth-order valence-corrected chi connectivity index (χ4v) is 1.72. The van der Waals surface area contributed by atoms with Crippen LogP contribution in [0.1, 0.15) is 29.8 Å². The van der Waals surface area contributed by atoms with Crippen LogP contribution in [0.2, 0.25) is 0 Å². The number of carboxylic acids is 1. The number of aromatic carboxylic acids is 1. The van der Waals surface area contributed by atoms with E-state index in [2.05, 4.69) is 24.1 Å². The summed E-state index contributed by atoms with van der Waals surface area (Å²) in [5.74, 6) is -0.120. The molecule has 0 saturated carbocycles. The summed E-state index contributed by atoms with van der Waals surface area (Å²) in [6.07, 6.45) is 2.20. The molecule has 2 heterocycles. The molecule has 0 aliphatic carbocycles. The van der Waals surface area contributed by atoms with E-state index in [1.807, 2.05) is 0 Å². The molecule has 2 rings (SSSR count). The second-order valence-electron chi connectivity index (χ2n) is 4.22. The number of hydrogen-bond donors (Lipinski definition) is 2. The normalized spacial score (nSPS) is 17.3. The third-order valence-corrected chi connectivity index (χ3v) is 2.30. The zero-order valence-electron chi connectivity index (χ0n) is 8.16. The van der Waals surface area contributed by atoms with Crippen LogP contribution in [0.3, 0.4) is 0 Å². The van der Waals surface area contributed by atoms with Crippen molar-refractivity contribution in [2.24, 2.45) is 0 Å². The van der Waals surface area contributed by atoms with Crippen molar-refractivity contribution in [3.05, 3.63) is 23.4 Å². The quantitative estimate of drug-likeness (QED) is 0.708. The van der Waals surface area contributed by atoms with E-state index in [9.17, 15) is 4.79 Å². The summed E-state index contributed by atoms with van der Waals surface area (Å²) in [5, 5.41) is 12.0. The van der Waals surface area contributed by atoms with Crippen molar-refractivity contribution in [3.8, 4) is 0 Å². The molecule has 4 heteroatoms. The van der Waals surface area contributed by atoms with E-state index in [0.29, 0.717) is 0 Å². The highest BCUT2D eigenvalue weighted by molar-refractivity contribution is 5.88. The Hall–Kier alpha value is -1.58. The molecule has 0 radical (unpaired) electrons. The summed E-state index contributed by atoms with van der Waals surface area (Å²) >= 11 is 0. The van der Waals surface area contributed by atoms with Gasteiger partial charge in [0.25, 0.3) is 0 Å². The van der Waals surface area contributed by atoms with Crippen molar-refractivity contribution in [3.63, 3.8) is 0 Å². The largest absolute Gasteiger partial charge is 0.478 e. The summed E-state index contributed by atoms with van der Waals surface area (Å²) in [5.41, 5.74) is 1.21. The molecular formula is C10H12N2O2. The SMILES string of the molecule is CC1(C)Cc2cc(C(=O)O)cnc2N1. The van der Waals surface area contributed by atoms with Crippen LogP contribution in [0.15, 0.2) is 12.3 Å². The van der Waals surface area contributed by atoms with Gasteiger partial charge in [-0.05, 0) is 31.9 Å². The maximum atomic E-state index is 10.7. The van der Waals surface area contributed by atoms with Crippen LogP contribution in [0.5, 0.6) is 0 Å². The lowest BCUT2D eigenvalue weighted by atomic mass is 10.0. The zero-order valence-corrected chi connectivity index (χ0v) is 8.16. The van der Waals surface area contributed by atoms with E-state index in [4.69, 9.17) is 5.11 Å². The van der Waals surface area contributed by atoms with Crippen LogP contribution in [-0.2, 0) is 6.42 Å². The fraction of sp³-hybridized carbons (Fsp3) is 0.400. The minimum absolute atomic E-state index is 0.0214. The predicted molar refractivity (Wildman–Crippen MR) is 52.6 cm³/mol. The van der Waals surface area contributed by atoms with Crippen LogP contribution in [0, 0.1) is 0 Å². The molecule has 0 unspecified atom stereocenters. The number of pyridine rings is 1. The van der Waals surface area contributed by atoms with Gasteiger partial charge in [0.15, 0.2) is 0 Å². The summed E-state index contributed by atoms with van der Waals surface area (Å²) < 4.78 is 0. The second-order valence-corrected chi connectivity index (χ2v) is 4.22. The van der Waals surface area contributed by atoms with Crippen molar-refractivity contribution in [2.45, 2.75) is 25.8 Å². The van der Waals surface area contributed by atoms with Crippen molar-refractivity contribution in [1.82, 2.24) is 4.98 Å². The van der Waals surface area contributed by atoms with Crippen molar-refractivity contribution in [1.29, 1.82) is 0 Å². The van der Waals surface area contributed by atoms with Crippen LogP contribution in [0.25, 0.3) is 0 Å². The van der Waals surface area contributed by atoms with Gasteiger partial charge in [-0.2, -0.15) is 0 Å². The van der Waals surface area contributed by atoms with E-state index < -0.39 is 5.97 Å². The first-order chi connectivity index (χ1) is 6.48. The number of carbonyl (C=O) groups is 1. The van der Waals surface area contributed by atoms with Gasteiger partial charge in [0.2, 0.25) is 0 Å². The number of nitrogens with zero attached hydrogens (tertiary/aromatic N) is 1. The molecule has 74 valence electrons. The van der Waals surface area contributed by atoms with Crippen LogP contribution >= 0.6 is 0 Å². The highest BCUT2D eigenvalue weighted by atomic mass is 16.4. The molecule has 4 nitrogen and oxygen atoms in total. The molecule has 0 saturated heterocycles. The number of fused-ring (bicyclic) bond motifs is 1. The Kier molecular flexibility index (Phi) is 1.74. The number of anilines is 1. The summed E-state index contributed by atoms with van der Waals surface area (Å²) in [7, 11) is 0. The number of aromatic nitrogens is 1. The number of carboxylic acid groups (broad SMARTS) is 1. The average Bonchev–Trinajstić information content (AvgIpc) is 2.36. The Morgan fingerprint density at radius 2 is 2.36 bits per heavy atom. The Balaban J connectivity index is 2.40. The second kappa shape index (κ2) is 2.70. The molecule has 1 aliphatic rings. The Bertz CT molecular complexity index is 399. The van der Waals surface area contributed by atoms with Gasteiger partial charge in [-0.15, -0.1) is 0 Å². The lowest BCUT2D eigenvalue weighted by Gasteiger charge is -2.17. The molecule has 0 aromatic carbocycles. The van der Waals surface area contributed by atoms with Gasteiger partial charge in [0.05, 0.1) is 5.56 Å². The molecular weight excluding hydrogens is 180 g/mol. The van der Waals surface area contributed by atoms with Gasteiger partial charge in [0, 0.05) is 11.7 Å².